The van der Waals surface area contributed by atoms with Crippen LogP contribution in [0.15, 0.2) is 18.2 Å². The van der Waals surface area contributed by atoms with Gasteiger partial charge in [-0.3, -0.25) is 0 Å². The molecule has 1 fully saturated rings. The maximum Gasteiger partial charge on any atom is 0.403 e. The fourth-order valence-corrected chi connectivity index (χ4v) is 2.56. The van der Waals surface area contributed by atoms with E-state index in [1.165, 1.54) is 12.1 Å². The molecule has 0 aliphatic carbocycles. The Morgan fingerprint density at radius 1 is 1.26 bits per heavy atom. The third-order valence-electron chi connectivity index (χ3n) is 3.65. The molecule has 0 bridgehead atoms. The molecule has 19 heavy (non-hydrogen) atoms. The van der Waals surface area contributed by atoms with Crippen molar-refractivity contribution in [2.24, 2.45) is 0 Å². The van der Waals surface area contributed by atoms with Crippen molar-refractivity contribution < 1.29 is 17.6 Å². The summed E-state index contributed by atoms with van der Waals surface area (Å²) in [5.74, 6) is -0.344. The molecule has 2 atom stereocenters. The van der Waals surface area contributed by atoms with E-state index in [4.69, 9.17) is 0 Å². The number of halogens is 4. The van der Waals surface area contributed by atoms with E-state index in [0.717, 1.165) is 11.1 Å². The molecule has 1 aliphatic rings. The number of alkyl halides is 3. The highest BCUT2D eigenvalue weighted by Crippen LogP contribution is 2.29. The highest BCUT2D eigenvalue weighted by Gasteiger charge is 2.41. The molecule has 0 aromatic heterocycles. The van der Waals surface area contributed by atoms with Crippen LogP contribution in [0.2, 0.25) is 0 Å². The van der Waals surface area contributed by atoms with E-state index in [1.807, 2.05) is 6.92 Å². The van der Waals surface area contributed by atoms with Crippen molar-refractivity contribution in [3.8, 4) is 0 Å². The summed E-state index contributed by atoms with van der Waals surface area (Å²) in [5, 5.41) is 2.64. The third kappa shape index (κ3) is 3.69. The van der Waals surface area contributed by atoms with Crippen molar-refractivity contribution in [2.75, 3.05) is 0 Å². The van der Waals surface area contributed by atoms with Gasteiger partial charge in [0.15, 0.2) is 0 Å². The first kappa shape index (κ1) is 14.3. The van der Waals surface area contributed by atoms with Crippen LogP contribution in [0.4, 0.5) is 17.6 Å². The van der Waals surface area contributed by atoms with E-state index < -0.39 is 12.2 Å². The number of hydrogen-bond acceptors (Lipinski definition) is 1. The Bertz CT molecular complexity index is 442. The van der Waals surface area contributed by atoms with Crippen molar-refractivity contribution in [1.82, 2.24) is 5.32 Å². The number of benzene rings is 1. The molecular formula is C14H17F4N. The Morgan fingerprint density at radius 2 is 2.00 bits per heavy atom. The molecule has 5 heteroatoms. The molecule has 1 nitrogen and oxygen atoms in total. The highest BCUT2D eigenvalue weighted by atomic mass is 19.4. The van der Waals surface area contributed by atoms with Gasteiger partial charge in [0, 0.05) is 6.04 Å². The number of rotatable bonds is 2. The molecule has 0 amide bonds. The Hall–Kier alpha value is -1.10. The van der Waals surface area contributed by atoms with Crippen molar-refractivity contribution >= 4 is 0 Å². The SMILES string of the molecule is Cc1ccc(F)cc1CC1CCCC(C(F)(F)F)N1. The molecule has 2 unspecified atom stereocenters. The van der Waals surface area contributed by atoms with Gasteiger partial charge in [-0.05, 0) is 55.9 Å². The van der Waals surface area contributed by atoms with Crippen LogP contribution in [0.3, 0.4) is 0 Å². The number of nitrogens with one attached hydrogen (secondary N) is 1. The molecule has 0 radical (unpaired) electrons. The van der Waals surface area contributed by atoms with Crippen LogP contribution in [-0.2, 0) is 6.42 Å². The first-order valence-corrected chi connectivity index (χ1v) is 6.44. The summed E-state index contributed by atoms with van der Waals surface area (Å²) < 4.78 is 51.2. The Labute approximate surface area is 110 Å². The summed E-state index contributed by atoms with van der Waals surface area (Å²) in [7, 11) is 0. The van der Waals surface area contributed by atoms with Gasteiger partial charge in [0.05, 0.1) is 0 Å². The minimum absolute atomic E-state index is 0.127. The number of piperidine rings is 1. The Balaban J connectivity index is 2.05. The van der Waals surface area contributed by atoms with Crippen LogP contribution in [0.5, 0.6) is 0 Å². The summed E-state index contributed by atoms with van der Waals surface area (Å²) in [6.07, 6.45) is -2.38. The minimum Gasteiger partial charge on any atom is -0.303 e. The summed E-state index contributed by atoms with van der Waals surface area (Å²) in [6, 6.07) is 2.77. The van der Waals surface area contributed by atoms with E-state index >= 15 is 0 Å². The molecule has 1 N–H and O–H groups in total. The molecule has 1 aliphatic heterocycles. The standard InChI is InChI=1S/C14H17F4N/c1-9-5-6-11(15)7-10(9)8-12-3-2-4-13(19-12)14(16,17)18/h5-7,12-13,19H,2-4,8H2,1H3. The summed E-state index contributed by atoms with van der Waals surface area (Å²) in [6.45, 7) is 1.85. The van der Waals surface area contributed by atoms with Crippen molar-refractivity contribution in [3.05, 3.63) is 35.1 Å². The zero-order chi connectivity index (χ0) is 14.0. The number of hydrogen-bond donors (Lipinski definition) is 1. The van der Waals surface area contributed by atoms with E-state index in [9.17, 15) is 17.6 Å². The first-order chi connectivity index (χ1) is 8.86. The fraction of sp³-hybridized carbons (Fsp3) is 0.571. The summed E-state index contributed by atoms with van der Waals surface area (Å²) in [5.41, 5.74) is 1.69. The van der Waals surface area contributed by atoms with E-state index in [2.05, 4.69) is 5.32 Å². The van der Waals surface area contributed by atoms with Gasteiger partial charge in [0.25, 0.3) is 0 Å². The smallest absolute Gasteiger partial charge is 0.303 e. The Kier molecular flexibility index (Phi) is 4.13. The lowest BCUT2D eigenvalue weighted by Gasteiger charge is -2.32. The van der Waals surface area contributed by atoms with E-state index in [-0.39, 0.29) is 18.3 Å². The van der Waals surface area contributed by atoms with Gasteiger partial charge in [0.2, 0.25) is 0 Å². The molecule has 2 rings (SSSR count). The molecule has 1 aromatic carbocycles. The second-order valence-electron chi connectivity index (χ2n) is 5.16. The van der Waals surface area contributed by atoms with Crippen LogP contribution >= 0.6 is 0 Å². The van der Waals surface area contributed by atoms with Crippen LogP contribution in [0.25, 0.3) is 0 Å². The highest BCUT2D eigenvalue weighted by molar-refractivity contribution is 5.27. The van der Waals surface area contributed by atoms with Gasteiger partial charge < -0.3 is 5.32 Å². The van der Waals surface area contributed by atoms with Gasteiger partial charge in [0.1, 0.15) is 11.9 Å². The second-order valence-corrected chi connectivity index (χ2v) is 5.16. The molecule has 106 valence electrons. The molecular weight excluding hydrogens is 258 g/mol. The summed E-state index contributed by atoms with van der Waals surface area (Å²) in [4.78, 5) is 0. The largest absolute Gasteiger partial charge is 0.403 e. The van der Waals surface area contributed by atoms with Crippen molar-refractivity contribution in [1.29, 1.82) is 0 Å². The lowest BCUT2D eigenvalue weighted by atomic mass is 9.92. The Morgan fingerprint density at radius 3 is 2.68 bits per heavy atom. The third-order valence-corrected chi connectivity index (χ3v) is 3.65. The molecule has 1 heterocycles. The average Bonchev–Trinajstić information content (AvgIpc) is 2.33. The predicted molar refractivity (Wildman–Crippen MR) is 65.5 cm³/mol. The van der Waals surface area contributed by atoms with Crippen LogP contribution in [0, 0.1) is 12.7 Å². The summed E-state index contributed by atoms with van der Waals surface area (Å²) >= 11 is 0. The van der Waals surface area contributed by atoms with Gasteiger partial charge in [-0.15, -0.1) is 0 Å². The van der Waals surface area contributed by atoms with Crippen LogP contribution < -0.4 is 5.32 Å². The minimum atomic E-state index is -4.20. The zero-order valence-electron chi connectivity index (χ0n) is 10.7. The first-order valence-electron chi connectivity index (χ1n) is 6.44. The molecule has 1 saturated heterocycles. The normalized spacial score (nSPS) is 24.5. The lowest BCUT2D eigenvalue weighted by Crippen LogP contribution is -2.51. The topological polar surface area (TPSA) is 12.0 Å². The van der Waals surface area contributed by atoms with Crippen LogP contribution in [-0.4, -0.2) is 18.3 Å². The monoisotopic (exact) mass is 275 g/mol. The number of aryl methyl sites for hydroxylation is 1. The fourth-order valence-electron chi connectivity index (χ4n) is 2.56. The molecule has 1 aromatic rings. The zero-order valence-corrected chi connectivity index (χ0v) is 10.7. The van der Waals surface area contributed by atoms with E-state index in [1.54, 1.807) is 6.07 Å². The quantitative estimate of drug-likeness (QED) is 0.811. The second kappa shape index (κ2) is 5.49. The maximum atomic E-state index is 13.2. The van der Waals surface area contributed by atoms with Gasteiger partial charge in [-0.25, -0.2) is 4.39 Å². The predicted octanol–water partition coefficient (Wildman–Crippen LogP) is 3.75. The van der Waals surface area contributed by atoms with E-state index in [0.29, 0.717) is 19.3 Å². The average molecular weight is 275 g/mol. The van der Waals surface area contributed by atoms with Crippen molar-refractivity contribution in [3.63, 3.8) is 0 Å². The van der Waals surface area contributed by atoms with Gasteiger partial charge in [-0.1, -0.05) is 6.07 Å². The van der Waals surface area contributed by atoms with Crippen molar-refractivity contribution in [2.45, 2.75) is 50.9 Å². The molecule has 0 saturated carbocycles. The van der Waals surface area contributed by atoms with Gasteiger partial charge >= 0.3 is 6.18 Å². The molecule has 0 spiro atoms. The lowest BCUT2D eigenvalue weighted by molar-refractivity contribution is -0.163. The van der Waals surface area contributed by atoms with Crippen LogP contribution in [0.1, 0.15) is 30.4 Å². The van der Waals surface area contributed by atoms with Gasteiger partial charge in [-0.2, -0.15) is 13.2 Å². The maximum absolute atomic E-state index is 13.2.